The van der Waals surface area contributed by atoms with Gasteiger partial charge in [-0.3, -0.25) is 14.5 Å². The maximum absolute atomic E-state index is 11.7. The smallest absolute Gasteiger partial charge is 0.307 e. The van der Waals surface area contributed by atoms with Crippen LogP contribution in [0.25, 0.3) is 0 Å². The van der Waals surface area contributed by atoms with Crippen molar-refractivity contribution < 1.29 is 19.4 Å². The third-order valence-corrected chi connectivity index (χ3v) is 2.86. The van der Waals surface area contributed by atoms with E-state index in [0.717, 1.165) is 5.75 Å². The summed E-state index contributed by atoms with van der Waals surface area (Å²) in [6.45, 7) is 2.93. The second kappa shape index (κ2) is 8.97. The number of amides is 1. The second-order valence-electron chi connectivity index (χ2n) is 4.95. The zero-order valence-corrected chi connectivity index (χ0v) is 12.4. The van der Waals surface area contributed by atoms with Gasteiger partial charge in [-0.1, -0.05) is 25.1 Å². The topological polar surface area (TPSA) is 78.9 Å². The second-order valence-corrected chi connectivity index (χ2v) is 4.95. The molecule has 1 atom stereocenters. The highest BCUT2D eigenvalue weighted by Crippen LogP contribution is 2.07. The molecule has 1 amide bonds. The Labute approximate surface area is 124 Å². The number of carbonyl (C=O) groups is 2. The molecule has 6 heteroatoms. The van der Waals surface area contributed by atoms with E-state index in [1.807, 2.05) is 30.3 Å². The minimum atomic E-state index is -0.862. The molecule has 0 aliphatic rings. The molecule has 0 radical (unpaired) electrons. The van der Waals surface area contributed by atoms with E-state index in [0.29, 0.717) is 19.7 Å². The molecule has 0 aliphatic heterocycles. The number of hydrogen-bond acceptors (Lipinski definition) is 4. The quantitative estimate of drug-likeness (QED) is 0.660. The first kappa shape index (κ1) is 17.0. The van der Waals surface area contributed by atoms with Crippen molar-refractivity contribution in [2.45, 2.75) is 6.92 Å². The lowest BCUT2D eigenvalue weighted by atomic mass is 10.2. The molecule has 1 aromatic rings. The predicted molar refractivity (Wildman–Crippen MR) is 79.2 cm³/mol. The number of benzene rings is 1. The highest BCUT2D eigenvalue weighted by atomic mass is 16.5. The number of carbonyl (C=O) groups excluding carboxylic acids is 1. The molecule has 116 valence electrons. The van der Waals surface area contributed by atoms with Gasteiger partial charge in [0, 0.05) is 6.54 Å². The molecule has 1 aromatic carbocycles. The van der Waals surface area contributed by atoms with Gasteiger partial charge in [0.1, 0.15) is 12.4 Å². The Morgan fingerprint density at radius 2 is 2.00 bits per heavy atom. The molecule has 0 heterocycles. The van der Waals surface area contributed by atoms with Gasteiger partial charge in [0.25, 0.3) is 0 Å². The molecular weight excluding hydrogens is 272 g/mol. The molecular formula is C15H22N2O4. The van der Waals surface area contributed by atoms with Gasteiger partial charge in [-0.05, 0) is 19.2 Å². The zero-order valence-electron chi connectivity index (χ0n) is 12.4. The third kappa shape index (κ3) is 7.31. The minimum absolute atomic E-state index is 0.147. The van der Waals surface area contributed by atoms with E-state index in [1.165, 1.54) is 0 Å². The lowest BCUT2D eigenvalue weighted by molar-refractivity contribution is -0.142. The predicted octanol–water partition coefficient (Wildman–Crippen LogP) is 0.834. The fourth-order valence-electron chi connectivity index (χ4n) is 1.79. The number of ether oxygens (including phenoxy) is 1. The molecule has 0 saturated carbocycles. The number of rotatable bonds is 9. The van der Waals surface area contributed by atoms with Gasteiger partial charge >= 0.3 is 5.97 Å². The Bertz CT molecular complexity index is 450. The maximum atomic E-state index is 11.7. The van der Waals surface area contributed by atoms with Gasteiger partial charge < -0.3 is 15.2 Å². The van der Waals surface area contributed by atoms with E-state index in [9.17, 15) is 9.59 Å². The van der Waals surface area contributed by atoms with E-state index >= 15 is 0 Å². The van der Waals surface area contributed by atoms with E-state index in [-0.39, 0.29) is 12.5 Å². The van der Waals surface area contributed by atoms with Crippen molar-refractivity contribution >= 4 is 11.9 Å². The lowest BCUT2D eigenvalue weighted by Gasteiger charge is -2.18. The number of hydrogen-bond donors (Lipinski definition) is 2. The van der Waals surface area contributed by atoms with Crippen LogP contribution in [-0.2, 0) is 9.59 Å². The number of para-hydroxylation sites is 1. The van der Waals surface area contributed by atoms with Gasteiger partial charge in [0.05, 0.1) is 19.0 Å². The van der Waals surface area contributed by atoms with E-state index in [4.69, 9.17) is 9.84 Å². The first-order chi connectivity index (χ1) is 9.99. The van der Waals surface area contributed by atoms with Crippen LogP contribution in [0.2, 0.25) is 0 Å². The zero-order chi connectivity index (χ0) is 15.7. The van der Waals surface area contributed by atoms with Crippen LogP contribution < -0.4 is 10.1 Å². The molecule has 0 saturated heterocycles. The molecule has 0 fully saturated rings. The van der Waals surface area contributed by atoms with Crippen LogP contribution in [-0.4, -0.2) is 55.2 Å². The summed E-state index contributed by atoms with van der Waals surface area (Å²) in [7, 11) is 1.72. The van der Waals surface area contributed by atoms with E-state index < -0.39 is 11.9 Å². The van der Waals surface area contributed by atoms with Gasteiger partial charge in [0.15, 0.2) is 0 Å². The molecule has 0 aliphatic carbocycles. The van der Waals surface area contributed by atoms with Crippen LogP contribution in [0.5, 0.6) is 5.75 Å². The van der Waals surface area contributed by atoms with Gasteiger partial charge in [-0.25, -0.2) is 0 Å². The Balaban J connectivity index is 2.15. The van der Waals surface area contributed by atoms with Crippen molar-refractivity contribution in [1.82, 2.24) is 10.2 Å². The lowest BCUT2D eigenvalue weighted by Crippen LogP contribution is -2.39. The first-order valence-corrected chi connectivity index (χ1v) is 6.85. The average molecular weight is 294 g/mol. The van der Waals surface area contributed by atoms with Crippen molar-refractivity contribution in [2.24, 2.45) is 5.92 Å². The third-order valence-electron chi connectivity index (χ3n) is 2.86. The highest BCUT2D eigenvalue weighted by Gasteiger charge is 2.15. The summed E-state index contributed by atoms with van der Waals surface area (Å²) in [5.74, 6) is -0.742. The van der Waals surface area contributed by atoms with Crippen LogP contribution >= 0.6 is 0 Å². The first-order valence-electron chi connectivity index (χ1n) is 6.85. The van der Waals surface area contributed by atoms with Crippen molar-refractivity contribution in [2.75, 3.05) is 33.3 Å². The van der Waals surface area contributed by atoms with Crippen LogP contribution in [0.4, 0.5) is 0 Å². The number of nitrogens with one attached hydrogen (secondary N) is 1. The van der Waals surface area contributed by atoms with Crippen LogP contribution in [0.3, 0.4) is 0 Å². The number of carboxylic acid groups (broad SMARTS) is 1. The molecule has 21 heavy (non-hydrogen) atoms. The molecule has 0 bridgehead atoms. The SMILES string of the molecule is CC(CN(C)CC(=O)NCCOc1ccccc1)C(=O)O. The monoisotopic (exact) mass is 294 g/mol. The Kier molecular flexibility index (Phi) is 7.25. The average Bonchev–Trinajstić information content (AvgIpc) is 2.44. The largest absolute Gasteiger partial charge is 0.492 e. The van der Waals surface area contributed by atoms with Crippen molar-refractivity contribution in [3.05, 3.63) is 30.3 Å². The number of carboxylic acids is 1. The minimum Gasteiger partial charge on any atom is -0.492 e. The number of aliphatic carboxylic acids is 1. The van der Waals surface area contributed by atoms with Gasteiger partial charge in [0.2, 0.25) is 5.91 Å². The number of nitrogens with zero attached hydrogens (tertiary/aromatic N) is 1. The van der Waals surface area contributed by atoms with Crippen LogP contribution in [0.15, 0.2) is 30.3 Å². The van der Waals surface area contributed by atoms with Gasteiger partial charge in [-0.15, -0.1) is 0 Å². The summed E-state index contributed by atoms with van der Waals surface area (Å²) < 4.78 is 5.45. The highest BCUT2D eigenvalue weighted by molar-refractivity contribution is 5.78. The van der Waals surface area contributed by atoms with E-state index in [2.05, 4.69) is 5.32 Å². The fourth-order valence-corrected chi connectivity index (χ4v) is 1.79. The molecule has 0 spiro atoms. The van der Waals surface area contributed by atoms with Crippen molar-refractivity contribution in [1.29, 1.82) is 0 Å². The summed E-state index contributed by atoms with van der Waals surface area (Å²) in [5, 5.41) is 11.5. The summed E-state index contributed by atoms with van der Waals surface area (Å²) in [6, 6.07) is 9.37. The van der Waals surface area contributed by atoms with Crippen LogP contribution in [0.1, 0.15) is 6.92 Å². The molecule has 6 nitrogen and oxygen atoms in total. The standard InChI is InChI=1S/C15H22N2O4/c1-12(15(19)20)10-17(2)11-14(18)16-8-9-21-13-6-4-3-5-7-13/h3-7,12H,8-11H2,1-2H3,(H,16,18)(H,19,20). The molecule has 1 rings (SSSR count). The van der Waals surface area contributed by atoms with Crippen molar-refractivity contribution in [3.8, 4) is 5.75 Å². The Hall–Kier alpha value is -2.08. The molecule has 0 aromatic heterocycles. The molecule has 2 N–H and O–H groups in total. The maximum Gasteiger partial charge on any atom is 0.307 e. The van der Waals surface area contributed by atoms with Crippen LogP contribution in [0, 0.1) is 5.92 Å². The van der Waals surface area contributed by atoms with Gasteiger partial charge in [-0.2, -0.15) is 0 Å². The summed E-state index contributed by atoms with van der Waals surface area (Å²) in [5.41, 5.74) is 0. The van der Waals surface area contributed by atoms with Crippen molar-refractivity contribution in [3.63, 3.8) is 0 Å². The fraction of sp³-hybridized carbons (Fsp3) is 0.467. The van der Waals surface area contributed by atoms with E-state index in [1.54, 1.807) is 18.9 Å². The Morgan fingerprint density at radius 3 is 2.62 bits per heavy atom. The Morgan fingerprint density at radius 1 is 1.33 bits per heavy atom. The summed E-state index contributed by atoms with van der Waals surface area (Å²) in [6.07, 6.45) is 0. The summed E-state index contributed by atoms with van der Waals surface area (Å²) in [4.78, 5) is 24.1. The molecule has 1 unspecified atom stereocenters. The normalized spacial score (nSPS) is 12.0. The summed E-state index contributed by atoms with van der Waals surface area (Å²) >= 11 is 0. The number of likely N-dealkylation sites (N-methyl/N-ethyl adjacent to an activating group) is 1.